The number of aromatic nitrogens is 1. The largest absolute Gasteiger partial charge is 0.534 e. The van der Waals surface area contributed by atoms with Crippen molar-refractivity contribution in [3.63, 3.8) is 0 Å². The van der Waals surface area contributed by atoms with Gasteiger partial charge in [-0.1, -0.05) is 13.8 Å². The van der Waals surface area contributed by atoms with E-state index in [9.17, 15) is 41.5 Å². The summed E-state index contributed by atoms with van der Waals surface area (Å²) in [5.41, 5.74) is -7.92. The van der Waals surface area contributed by atoms with Gasteiger partial charge in [-0.25, -0.2) is 4.79 Å². The molecule has 1 fully saturated rings. The third kappa shape index (κ3) is 6.33. The third-order valence-electron chi connectivity index (χ3n) is 5.09. The summed E-state index contributed by atoms with van der Waals surface area (Å²) in [5.74, 6) is -4.93. The first kappa shape index (κ1) is 28.2. The van der Waals surface area contributed by atoms with Crippen LogP contribution in [0.15, 0.2) is 0 Å². The maximum Gasteiger partial charge on any atom is 0.534 e. The molecule has 0 spiro atoms. The van der Waals surface area contributed by atoms with Gasteiger partial charge in [0.1, 0.15) is 17.2 Å². The Labute approximate surface area is 200 Å². The lowest BCUT2D eigenvalue weighted by Gasteiger charge is -2.34. The number of nitrogens with zero attached hydrogens (tertiary/aromatic N) is 3. The van der Waals surface area contributed by atoms with E-state index >= 15 is 0 Å². The van der Waals surface area contributed by atoms with Crippen molar-refractivity contribution in [1.82, 2.24) is 4.98 Å². The molecule has 0 bridgehead atoms. The summed E-state index contributed by atoms with van der Waals surface area (Å²) in [5, 5.41) is 19.4. The summed E-state index contributed by atoms with van der Waals surface area (Å²) in [6.07, 6.45) is 0.520. The maximum absolute atomic E-state index is 13.0. The van der Waals surface area contributed by atoms with Crippen LogP contribution in [0.4, 0.5) is 19.0 Å². The Hall–Kier alpha value is -3.08. The second-order valence-corrected chi connectivity index (χ2v) is 10.8. The van der Waals surface area contributed by atoms with Crippen molar-refractivity contribution in [2.24, 2.45) is 5.92 Å². The summed E-state index contributed by atoms with van der Waals surface area (Å²) in [6, 6.07) is 1.84. The summed E-state index contributed by atoms with van der Waals surface area (Å²) < 4.78 is 71.7. The lowest BCUT2D eigenvalue weighted by atomic mass is 9.92. The Morgan fingerprint density at radius 2 is 1.74 bits per heavy atom. The predicted octanol–water partition coefficient (Wildman–Crippen LogP) is 3.56. The first-order valence-corrected chi connectivity index (χ1v) is 12.0. The van der Waals surface area contributed by atoms with Crippen LogP contribution in [-0.4, -0.2) is 54.6 Å². The Balaban J connectivity index is 2.57. The lowest BCUT2D eigenvalue weighted by molar-refractivity contribution is -0.160. The first-order chi connectivity index (χ1) is 15.9. The lowest BCUT2D eigenvalue weighted by Crippen LogP contribution is -2.40. The van der Waals surface area contributed by atoms with Gasteiger partial charge >= 0.3 is 27.6 Å². The highest BCUT2D eigenvalue weighted by molar-refractivity contribution is 7.88. The van der Waals surface area contributed by atoms with Gasteiger partial charge in [0.2, 0.25) is 0 Å². The molecular weight excluding hydrogens is 495 g/mol. The van der Waals surface area contributed by atoms with E-state index in [1.165, 1.54) is 18.7 Å². The molecule has 1 saturated heterocycles. The topological polar surface area (TPSA) is 147 Å². The van der Waals surface area contributed by atoms with Crippen LogP contribution in [0.3, 0.4) is 0 Å². The molecular formula is C21H26F3N3O7S. The molecule has 1 aromatic heterocycles. The summed E-state index contributed by atoms with van der Waals surface area (Å²) >= 11 is 0. The monoisotopic (exact) mass is 521 g/mol. The Morgan fingerprint density at radius 1 is 1.20 bits per heavy atom. The summed E-state index contributed by atoms with van der Waals surface area (Å²) in [4.78, 5) is 29.5. The molecule has 0 unspecified atom stereocenters. The van der Waals surface area contributed by atoms with E-state index in [1.807, 2.05) is 6.07 Å². The van der Waals surface area contributed by atoms with Gasteiger partial charge in [-0.15, -0.1) is 0 Å². The average molecular weight is 522 g/mol. The zero-order chi connectivity index (χ0) is 26.9. The third-order valence-corrected chi connectivity index (χ3v) is 6.04. The van der Waals surface area contributed by atoms with E-state index in [2.05, 4.69) is 9.17 Å². The molecule has 1 aliphatic rings. The zero-order valence-corrected chi connectivity index (χ0v) is 20.6. The fourth-order valence-corrected chi connectivity index (χ4v) is 4.04. The SMILES string of the molecule is CC(C)c1c(C#N)c(N2CCC(C(=O)OC(C)(C)C)CC2)nc(OS(=O)(=O)C(F)(F)F)c1C(=O)O. The highest BCUT2D eigenvalue weighted by atomic mass is 32.2. The molecule has 2 rings (SSSR count). The number of hydrogen-bond donors (Lipinski definition) is 1. The highest BCUT2D eigenvalue weighted by Crippen LogP contribution is 2.38. The van der Waals surface area contributed by atoms with E-state index in [4.69, 9.17) is 4.74 Å². The minimum Gasteiger partial charge on any atom is -0.477 e. The molecule has 1 aliphatic heterocycles. The van der Waals surface area contributed by atoms with E-state index in [1.54, 1.807) is 20.8 Å². The number of anilines is 1. The van der Waals surface area contributed by atoms with Gasteiger partial charge in [0, 0.05) is 13.1 Å². The quantitative estimate of drug-likeness (QED) is 0.335. The molecule has 0 atom stereocenters. The molecule has 35 heavy (non-hydrogen) atoms. The Kier molecular flexibility index (Phi) is 7.95. The van der Waals surface area contributed by atoms with E-state index in [0.717, 1.165) is 0 Å². The van der Waals surface area contributed by atoms with Crippen LogP contribution in [0.25, 0.3) is 0 Å². The van der Waals surface area contributed by atoms with Crippen molar-refractivity contribution in [1.29, 1.82) is 5.26 Å². The number of halogens is 3. The average Bonchev–Trinajstić information content (AvgIpc) is 2.70. The van der Waals surface area contributed by atoms with Crippen molar-refractivity contribution in [3.05, 3.63) is 16.7 Å². The van der Waals surface area contributed by atoms with Crippen LogP contribution >= 0.6 is 0 Å². The van der Waals surface area contributed by atoms with Crippen LogP contribution in [0.1, 0.15) is 74.9 Å². The van der Waals surface area contributed by atoms with Gasteiger partial charge in [0.25, 0.3) is 5.88 Å². The zero-order valence-electron chi connectivity index (χ0n) is 19.8. The molecule has 0 amide bonds. The second-order valence-electron chi connectivity index (χ2n) is 9.25. The van der Waals surface area contributed by atoms with Crippen LogP contribution < -0.4 is 9.08 Å². The number of carbonyl (C=O) groups excluding carboxylic acids is 1. The number of pyridine rings is 1. The van der Waals surface area contributed by atoms with Crippen molar-refractivity contribution < 1.29 is 45.2 Å². The number of aromatic carboxylic acids is 1. The minimum absolute atomic E-state index is 0.126. The number of ether oxygens (including phenoxy) is 1. The highest BCUT2D eigenvalue weighted by Gasteiger charge is 2.50. The summed E-state index contributed by atoms with van der Waals surface area (Å²) in [6.45, 7) is 8.39. The number of carbonyl (C=O) groups is 2. The number of esters is 1. The van der Waals surface area contributed by atoms with E-state index in [-0.39, 0.29) is 42.9 Å². The second kappa shape index (κ2) is 9.88. The number of rotatable bonds is 6. The van der Waals surface area contributed by atoms with Gasteiger partial charge in [-0.2, -0.15) is 31.8 Å². The van der Waals surface area contributed by atoms with Crippen molar-refractivity contribution in [3.8, 4) is 11.9 Å². The van der Waals surface area contributed by atoms with Crippen LogP contribution in [-0.2, 0) is 19.6 Å². The standard InChI is InChI=1S/C21H26F3N3O7S/c1-11(2)14-13(10-25)16(27-8-6-12(7-9-27)19(30)33-20(3,4)5)26-17(15(14)18(28)29)34-35(31,32)21(22,23)24/h11-12H,6-9H2,1-5H3,(H,28,29). The molecule has 1 N–H and O–H groups in total. The number of piperidine rings is 1. The van der Waals surface area contributed by atoms with Crippen molar-refractivity contribution in [2.75, 3.05) is 18.0 Å². The number of alkyl halides is 3. The van der Waals surface area contributed by atoms with Crippen LogP contribution in [0, 0.1) is 17.2 Å². The van der Waals surface area contributed by atoms with Gasteiger partial charge in [0.15, 0.2) is 5.82 Å². The van der Waals surface area contributed by atoms with Gasteiger partial charge < -0.3 is 18.9 Å². The number of carboxylic acid groups (broad SMARTS) is 1. The van der Waals surface area contributed by atoms with Crippen LogP contribution in [0.2, 0.25) is 0 Å². The predicted molar refractivity (Wildman–Crippen MR) is 116 cm³/mol. The van der Waals surface area contributed by atoms with E-state index < -0.39 is 56.4 Å². The summed E-state index contributed by atoms with van der Waals surface area (Å²) in [7, 11) is -6.24. The van der Waals surface area contributed by atoms with Crippen LogP contribution in [0.5, 0.6) is 5.88 Å². The normalized spacial score (nSPS) is 15.6. The molecule has 10 nitrogen and oxygen atoms in total. The molecule has 1 aromatic rings. The van der Waals surface area contributed by atoms with Gasteiger partial charge in [-0.3, -0.25) is 4.79 Å². The molecule has 0 saturated carbocycles. The maximum atomic E-state index is 13.0. The number of carboxylic acids is 1. The molecule has 0 aromatic carbocycles. The van der Waals surface area contributed by atoms with Gasteiger partial charge in [0.05, 0.1) is 11.5 Å². The first-order valence-electron chi connectivity index (χ1n) is 10.6. The van der Waals surface area contributed by atoms with Gasteiger partial charge in [-0.05, 0) is 45.1 Å². The molecule has 2 heterocycles. The minimum atomic E-state index is -6.24. The smallest absolute Gasteiger partial charge is 0.477 e. The Bertz CT molecular complexity index is 1140. The molecule has 0 radical (unpaired) electrons. The molecule has 0 aliphatic carbocycles. The molecule has 194 valence electrons. The number of nitriles is 1. The fourth-order valence-electron chi connectivity index (χ4n) is 3.62. The molecule has 14 heteroatoms. The fraction of sp³-hybridized carbons (Fsp3) is 0.619. The van der Waals surface area contributed by atoms with Crippen molar-refractivity contribution >= 4 is 27.9 Å². The van der Waals surface area contributed by atoms with Crippen molar-refractivity contribution in [2.45, 2.75) is 64.5 Å². The number of hydrogen-bond acceptors (Lipinski definition) is 9. The Morgan fingerprint density at radius 3 is 2.14 bits per heavy atom. The van der Waals surface area contributed by atoms with E-state index in [0.29, 0.717) is 0 Å².